The van der Waals surface area contributed by atoms with Gasteiger partial charge in [-0.3, -0.25) is 20.3 Å². The van der Waals surface area contributed by atoms with Crippen molar-refractivity contribution in [1.29, 1.82) is 0 Å². The molecular weight excluding hydrogens is 248 g/mol. The summed E-state index contributed by atoms with van der Waals surface area (Å²) in [6.07, 6.45) is 0.577. The molecule has 8 nitrogen and oxygen atoms in total. The Morgan fingerprint density at radius 1 is 1.53 bits per heavy atom. The van der Waals surface area contributed by atoms with Gasteiger partial charge < -0.3 is 4.90 Å². The van der Waals surface area contributed by atoms with Crippen molar-refractivity contribution >= 4 is 23.6 Å². The van der Waals surface area contributed by atoms with Crippen LogP contribution < -0.4 is 21.5 Å². The zero-order valence-electron chi connectivity index (χ0n) is 10.8. The quantitative estimate of drug-likeness (QED) is 0.376. The minimum absolute atomic E-state index is 0.0880. The van der Waals surface area contributed by atoms with E-state index >= 15 is 0 Å². The van der Waals surface area contributed by atoms with Crippen molar-refractivity contribution in [1.82, 2.24) is 15.3 Å². The number of piperazine rings is 1. The number of nitrogen functional groups attached to an aromatic ring is 1. The van der Waals surface area contributed by atoms with E-state index in [0.29, 0.717) is 17.9 Å². The van der Waals surface area contributed by atoms with Crippen LogP contribution in [0.3, 0.4) is 0 Å². The van der Waals surface area contributed by atoms with Crippen LogP contribution in [0.15, 0.2) is 6.07 Å². The molecule has 0 saturated carbocycles. The summed E-state index contributed by atoms with van der Waals surface area (Å²) in [6, 6.07) is 1.30. The summed E-state index contributed by atoms with van der Waals surface area (Å²) in [7, 11) is 0. The van der Waals surface area contributed by atoms with Gasteiger partial charge in [-0.2, -0.15) is 4.98 Å². The van der Waals surface area contributed by atoms with E-state index in [-0.39, 0.29) is 24.3 Å². The number of amides is 2. The van der Waals surface area contributed by atoms with Gasteiger partial charge in [-0.15, -0.1) is 0 Å². The Balaban J connectivity index is 2.39. The Bertz CT molecular complexity index is 518. The monoisotopic (exact) mass is 264 g/mol. The van der Waals surface area contributed by atoms with E-state index in [1.54, 1.807) is 17.9 Å². The standard InChI is InChI=1S/C11H16N6O2/c1-3-7-10(19)15-9(18)5-17(7)8-4-6(2)13-11(14-8)16-12/h4,7H,3,5,12H2,1-2H3,(H,13,14,16)(H,15,18,19). The number of imide groups is 1. The number of anilines is 2. The molecule has 4 N–H and O–H groups in total. The molecule has 2 rings (SSSR count). The number of nitrogens with two attached hydrogens (primary N) is 1. The summed E-state index contributed by atoms with van der Waals surface area (Å²) in [5, 5.41) is 2.32. The minimum Gasteiger partial charge on any atom is -0.335 e. The third-order valence-electron chi connectivity index (χ3n) is 2.91. The maximum absolute atomic E-state index is 11.8. The Labute approximate surface area is 110 Å². The topological polar surface area (TPSA) is 113 Å². The molecule has 1 aromatic rings. The van der Waals surface area contributed by atoms with Crippen molar-refractivity contribution in [3.05, 3.63) is 11.8 Å². The number of carbonyl (C=O) groups is 2. The fourth-order valence-corrected chi connectivity index (χ4v) is 2.08. The van der Waals surface area contributed by atoms with Gasteiger partial charge in [0.1, 0.15) is 11.9 Å². The molecule has 2 heterocycles. The van der Waals surface area contributed by atoms with Crippen LogP contribution in [0.2, 0.25) is 0 Å². The lowest BCUT2D eigenvalue weighted by atomic mass is 10.1. The molecule has 1 aliphatic rings. The van der Waals surface area contributed by atoms with Gasteiger partial charge in [0.2, 0.25) is 17.8 Å². The molecule has 2 amide bonds. The average Bonchev–Trinajstić information content (AvgIpc) is 2.37. The first-order valence-corrected chi connectivity index (χ1v) is 5.97. The molecule has 0 spiro atoms. The van der Waals surface area contributed by atoms with E-state index in [1.165, 1.54) is 0 Å². The van der Waals surface area contributed by atoms with Crippen LogP contribution in [0.1, 0.15) is 19.0 Å². The van der Waals surface area contributed by atoms with Crippen LogP contribution in [0.25, 0.3) is 0 Å². The smallest absolute Gasteiger partial charge is 0.249 e. The van der Waals surface area contributed by atoms with Crippen LogP contribution in [-0.4, -0.2) is 34.4 Å². The molecular formula is C11H16N6O2. The fraction of sp³-hybridized carbons (Fsp3) is 0.455. The van der Waals surface area contributed by atoms with E-state index in [9.17, 15) is 9.59 Å². The molecule has 1 atom stereocenters. The number of hydrazine groups is 1. The van der Waals surface area contributed by atoms with Crippen LogP contribution in [0, 0.1) is 6.92 Å². The van der Waals surface area contributed by atoms with Crippen LogP contribution in [0.5, 0.6) is 0 Å². The number of nitrogens with one attached hydrogen (secondary N) is 2. The Morgan fingerprint density at radius 3 is 2.89 bits per heavy atom. The third-order valence-corrected chi connectivity index (χ3v) is 2.91. The highest BCUT2D eigenvalue weighted by Gasteiger charge is 2.33. The predicted molar refractivity (Wildman–Crippen MR) is 69.2 cm³/mol. The van der Waals surface area contributed by atoms with Gasteiger partial charge in [0.05, 0.1) is 6.54 Å². The van der Waals surface area contributed by atoms with Crippen LogP contribution in [-0.2, 0) is 9.59 Å². The van der Waals surface area contributed by atoms with Gasteiger partial charge in [0.25, 0.3) is 0 Å². The third kappa shape index (κ3) is 2.63. The predicted octanol–water partition coefficient (Wildman–Crippen LogP) is -0.688. The summed E-state index contributed by atoms with van der Waals surface area (Å²) in [6.45, 7) is 3.76. The summed E-state index contributed by atoms with van der Waals surface area (Å²) < 4.78 is 0. The molecule has 8 heteroatoms. The lowest BCUT2D eigenvalue weighted by molar-refractivity contribution is -0.132. The fourth-order valence-electron chi connectivity index (χ4n) is 2.08. The normalized spacial score (nSPS) is 19.3. The molecule has 1 saturated heterocycles. The largest absolute Gasteiger partial charge is 0.335 e. The Hall–Kier alpha value is -2.22. The van der Waals surface area contributed by atoms with E-state index in [2.05, 4.69) is 20.7 Å². The van der Waals surface area contributed by atoms with Crippen molar-refractivity contribution in [2.24, 2.45) is 5.84 Å². The number of nitrogens with zero attached hydrogens (tertiary/aromatic N) is 3. The summed E-state index contributed by atoms with van der Waals surface area (Å²) >= 11 is 0. The second-order valence-corrected chi connectivity index (χ2v) is 4.30. The van der Waals surface area contributed by atoms with Crippen molar-refractivity contribution in [2.75, 3.05) is 16.9 Å². The van der Waals surface area contributed by atoms with Gasteiger partial charge in [-0.25, -0.2) is 10.8 Å². The Kier molecular flexibility index (Phi) is 3.61. The van der Waals surface area contributed by atoms with Crippen molar-refractivity contribution in [2.45, 2.75) is 26.3 Å². The van der Waals surface area contributed by atoms with E-state index in [4.69, 9.17) is 5.84 Å². The Morgan fingerprint density at radius 2 is 2.26 bits per heavy atom. The van der Waals surface area contributed by atoms with E-state index in [1.807, 2.05) is 6.92 Å². The van der Waals surface area contributed by atoms with Gasteiger partial charge in [-0.1, -0.05) is 6.92 Å². The molecule has 0 aromatic carbocycles. The zero-order chi connectivity index (χ0) is 14.0. The number of aromatic nitrogens is 2. The second kappa shape index (κ2) is 5.19. The molecule has 102 valence electrons. The lowest BCUT2D eigenvalue weighted by Crippen LogP contribution is -2.58. The number of hydrogen-bond donors (Lipinski definition) is 3. The molecule has 19 heavy (non-hydrogen) atoms. The highest BCUT2D eigenvalue weighted by molar-refractivity contribution is 6.04. The van der Waals surface area contributed by atoms with Crippen molar-refractivity contribution in [3.63, 3.8) is 0 Å². The first kappa shape index (κ1) is 13.2. The lowest BCUT2D eigenvalue weighted by Gasteiger charge is -2.34. The summed E-state index contributed by atoms with van der Waals surface area (Å²) in [5.41, 5.74) is 3.07. The van der Waals surface area contributed by atoms with Gasteiger partial charge >= 0.3 is 0 Å². The first-order chi connectivity index (χ1) is 9.05. The second-order valence-electron chi connectivity index (χ2n) is 4.30. The van der Waals surface area contributed by atoms with Crippen molar-refractivity contribution in [3.8, 4) is 0 Å². The van der Waals surface area contributed by atoms with Crippen LogP contribution >= 0.6 is 0 Å². The van der Waals surface area contributed by atoms with Gasteiger partial charge in [-0.05, 0) is 13.3 Å². The number of aryl methyl sites for hydroxylation is 1. The number of hydrogen-bond acceptors (Lipinski definition) is 7. The van der Waals surface area contributed by atoms with Crippen molar-refractivity contribution < 1.29 is 9.59 Å². The summed E-state index contributed by atoms with van der Waals surface area (Å²) in [5.74, 6) is 5.41. The molecule has 0 aliphatic carbocycles. The average molecular weight is 264 g/mol. The van der Waals surface area contributed by atoms with Gasteiger partial charge in [0, 0.05) is 11.8 Å². The highest BCUT2D eigenvalue weighted by atomic mass is 16.2. The number of rotatable bonds is 3. The number of carbonyl (C=O) groups excluding carboxylic acids is 2. The van der Waals surface area contributed by atoms with E-state index in [0.717, 1.165) is 0 Å². The molecule has 0 radical (unpaired) electrons. The SMILES string of the molecule is CCC1C(=O)NC(=O)CN1c1cc(C)nc(NN)n1. The van der Waals surface area contributed by atoms with Gasteiger partial charge in [0.15, 0.2) is 0 Å². The van der Waals surface area contributed by atoms with Crippen LogP contribution in [0.4, 0.5) is 11.8 Å². The first-order valence-electron chi connectivity index (χ1n) is 5.97. The zero-order valence-corrected chi connectivity index (χ0v) is 10.8. The maximum Gasteiger partial charge on any atom is 0.249 e. The molecule has 1 unspecified atom stereocenters. The molecule has 1 aromatic heterocycles. The van der Waals surface area contributed by atoms with E-state index < -0.39 is 6.04 Å². The molecule has 1 fully saturated rings. The highest BCUT2D eigenvalue weighted by Crippen LogP contribution is 2.20. The summed E-state index contributed by atoms with van der Waals surface area (Å²) in [4.78, 5) is 33.2. The minimum atomic E-state index is -0.419. The molecule has 1 aliphatic heterocycles. The maximum atomic E-state index is 11.8. The molecule has 0 bridgehead atoms.